The van der Waals surface area contributed by atoms with Gasteiger partial charge in [-0.25, -0.2) is 0 Å². The third-order valence-corrected chi connectivity index (χ3v) is 13.4. The number of methoxy groups -OCH3 is 2. The maximum absolute atomic E-state index is 7.27. The Labute approximate surface area is 241 Å². The third-order valence-electron chi connectivity index (χ3n) is 7.18. The van der Waals surface area contributed by atoms with Crippen molar-refractivity contribution in [2.45, 2.75) is 65.5 Å². The minimum atomic E-state index is -2.81. The Balaban J connectivity index is 2.16. The standard InChI is InChI=1S/C31H46O5Si3/c1-30(2,3)39(24-16-12-10-13-17-24,25-18-14-11-15-19-25)36-23-20-27(32-6)26(28(21-23)33-7)22-31(4,5)29(34-37-8)35-38-9/h10-21,29H,22,37-38H2,1-9H3. The average Bonchev–Trinajstić information content (AvgIpc) is 2.92. The van der Waals surface area contributed by atoms with Gasteiger partial charge in [-0.05, 0) is 21.8 Å². The van der Waals surface area contributed by atoms with E-state index in [2.05, 4.69) is 108 Å². The van der Waals surface area contributed by atoms with Crippen LogP contribution in [0.4, 0.5) is 0 Å². The van der Waals surface area contributed by atoms with E-state index in [0.29, 0.717) is 6.42 Å². The van der Waals surface area contributed by atoms with Crippen LogP contribution in [0.15, 0.2) is 72.8 Å². The van der Waals surface area contributed by atoms with Gasteiger partial charge in [0.2, 0.25) is 0 Å². The van der Waals surface area contributed by atoms with Crippen LogP contribution in [0.1, 0.15) is 40.2 Å². The fourth-order valence-electron chi connectivity index (χ4n) is 5.36. The molecule has 0 radical (unpaired) electrons. The Morgan fingerprint density at radius 3 is 1.51 bits per heavy atom. The van der Waals surface area contributed by atoms with Crippen LogP contribution in [-0.4, -0.2) is 48.4 Å². The molecule has 8 heteroatoms. The average molecular weight is 583 g/mol. The van der Waals surface area contributed by atoms with Crippen LogP contribution in [-0.2, 0) is 15.3 Å². The maximum atomic E-state index is 7.27. The fraction of sp³-hybridized carbons (Fsp3) is 0.419. The molecule has 0 amide bonds. The van der Waals surface area contributed by atoms with Gasteiger partial charge >= 0.3 is 8.32 Å². The zero-order chi connectivity index (χ0) is 28.7. The van der Waals surface area contributed by atoms with Gasteiger partial charge in [-0.1, -0.05) is 108 Å². The SMILES string of the molecule is COc1cc(O[Si](c2ccccc2)(c2ccccc2)C(C)(C)C)cc(OC)c1CC(C)(C)C(O[SiH2]C)O[SiH2]C. The molecule has 0 atom stereocenters. The van der Waals surface area contributed by atoms with E-state index in [0.717, 1.165) is 22.8 Å². The summed E-state index contributed by atoms with van der Waals surface area (Å²) in [5.74, 6) is 2.23. The summed E-state index contributed by atoms with van der Waals surface area (Å²) >= 11 is 0. The first-order valence-electron chi connectivity index (χ1n) is 13.8. The number of benzene rings is 3. The van der Waals surface area contributed by atoms with E-state index < -0.39 is 27.8 Å². The lowest BCUT2D eigenvalue weighted by Gasteiger charge is -2.43. The van der Waals surface area contributed by atoms with Crippen molar-refractivity contribution < 1.29 is 22.8 Å². The Kier molecular flexibility index (Phi) is 10.6. The minimum absolute atomic E-state index is 0.160. The van der Waals surface area contributed by atoms with Gasteiger partial charge in [0.05, 0.1) is 14.2 Å². The summed E-state index contributed by atoms with van der Waals surface area (Å²) in [5, 5.41) is 2.28. The lowest BCUT2D eigenvalue weighted by molar-refractivity contribution is -0.0785. The van der Waals surface area contributed by atoms with Gasteiger partial charge in [-0.2, -0.15) is 0 Å². The predicted octanol–water partition coefficient (Wildman–Crippen LogP) is 4.83. The van der Waals surface area contributed by atoms with Crippen molar-refractivity contribution >= 4 is 38.2 Å². The van der Waals surface area contributed by atoms with Crippen LogP contribution in [0.3, 0.4) is 0 Å². The van der Waals surface area contributed by atoms with Crippen molar-refractivity contribution in [2.75, 3.05) is 14.2 Å². The Morgan fingerprint density at radius 2 is 1.15 bits per heavy atom. The minimum Gasteiger partial charge on any atom is -0.534 e. The first-order valence-corrected chi connectivity index (χ1v) is 19.7. The summed E-state index contributed by atoms with van der Waals surface area (Å²) in [6, 6.07) is 25.3. The van der Waals surface area contributed by atoms with E-state index in [-0.39, 0.29) is 16.7 Å². The van der Waals surface area contributed by atoms with Crippen LogP contribution in [0.25, 0.3) is 0 Å². The van der Waals surface area contributed by atoms with Gasteiger partial charge in [0.1, 0.15) is 23.5 Å². The van der Waals surface area contributed by atoms with E-state index in [9.17, 15) is 0 Å². The molecule has 39 heavy (non-hydrogen) atoms. The highest BCUT2D eigenvalue weighted by Crippen LogP contribution is 2.43. The van der Waals surface area contributed by atoms with Gasteiger partial charge in [-0.3, -0.25) is 0 Å². The molecule has 5 nitrogen and oxygen atoms in total. The van der Waals surface area contributed by atoms with E-state index in [1.165, 1.54) is 10.4 Å². The summed E-state index contributed by atoms with van der Waals surface area (Å²) in [7, 11) is -0.638. The van der Waals surface area contributed by atoms with Gasteiger partial charge in [0.25, 0.3) is 0 Å². The largest absolute Gasteiger partial charge is 0.534 e. The predicted molar refractivity (Wildman–Crippen MR) is 170 cm³/mol. The van der Waals surface area contributed by atoms with Crippen molar-refractivity contribution in [2.24, 2.45) is 5.41 Å². The second-order valence-electron chi connectivity index (χ2n) is 11.5. The molecular formula is C31H46O5Si3. The first kappa shape index (κ1) is 31.2. The monoisotopic (exact) mass is 582 g/mol. The molecule has 0 heterocycles. The van der Waals surface area contributed by atoms with Crippen LogP contribution >= 0.6 is 0 Å². The molecule has 0 N–H and O–H groups in total. The molecule has 212 valence electrons. The number of rotatable bonds is 13. The summed E-state index contributed by atoms with van der Waals surface area (Å²) in [4.78, 5) is 0. The second kappa shape index (κ2) is 13.3. The highest BCUT2D eigenvalue weighted by molar-refractivity contribution is 7.00. The van der Waals surface area contributed by atoms with E-state index in [1.54, 1.807) is 14.2 Å². The molecule has 0 bridgehead atoms. The quantitative estimate of drug-likeness (QED) is 0.213. The van der Waals surface area contributed by atoms with Gasteiger partial charge in [0, 0.05) is 23.1 Å². The summed E-state index contributed by atoms with van der Waals surface area (Å²) in [6.07, 6.45) is 0.458. The Bertz CT molecular complexity index is 1110. The third kappa shape index (κ3) is 6.86. The molecule has 3 aromatic carbocycles. The molecule has 0 unspecified atom stereocenters. The number of hydrogen-bond donors (Lipinski definition) is 0. The molecule has 0 fully saturated rings. The van der Waals surface area contributed by atoms with Crippen molar-refractivity contribution in [1.82, 2.24) is 0 Å². The highest BCUT2D eigenvalue weighted by atomic mass is 28.4. The molecule has 3 rings (SSSR count). The van der Waals surface area contributed by atoms with Gasteiger partial charge in [-0.15, -0.1) is 0 Å². The number of ether oxygens (including phenoxy) is 2. The molecule has 0 aliphatic heterocycles. The van der Waals surface area contributed by atoms with Crippen molar-refractivity contribution in [3.8, 4) is 17.2 Å². The second-order valence-corrected chi connectivity index (χ2v) is 17.5. The van der Waals surface area contributed by atoms with Crippen molar-refractivity contribution in [3.05, 3.63) is 78.4 Å². The highest BCUT2D eigenvalue weighted by Gasteiger charge is 2.52. The molecule has 3 aromatic rings. The molecular weight excluding hydrogens is 537 g/mol. The Morgan fingerprint density at radius 1 is 0.718 bits per heavy atom. The van der Waals surface area contributed by atoms with Gasteiger partial charge in [0.15, 0.2) is 19.5 Å². The lowest BCUT2D eigenvalue weighted by atomic mass is 9.84. The van der Waals surface area contributed by atoms with Crippen LogP contribution in [0, 0.1) is 5.41 Å². The molecule has 0 aliphatic rings. The Hall–Kier alpha value is -2.37. The van der Waals surface area contributed by atoms with Crippen LogP contribution in [0.5, 0.6) is 17.2 Å². The summed E-state index contributed by atoms with van der Waals surface area (Å²) in [6.45, 7) is 15.5. The normalized spacial score (nSPS) is 13.8. The molecule has 0 spiro atoms. The first-order chi connectivity index (χ1) is 18.5. The van der Waals surface area contributed by atoms with Crippen molar-refractivity contribution in [1.29, 1.82) is 0 Å². The zero-order valence-corrected chi connectivity index (χ0v) is 29.0. The van der Waals surface area contributed by atoms with E-state index in [1.807, 2.05) is 12.1 Å². The smallest absolute Gasteiger partial charge is 0.319 e. The molecule has 0 aromatic heterocycles. The molecule has 0 saturated carbocycles. The maximum Gasteiger partial charge on any atom is 0.319 e. The van der Waals surface area contributed by atoms with E-state index in [4.69, 9.17) is 22.8 Å². The van der Waals surface area contributed by atoms with Crippen LogP contribution in [0.2, 0.25) is 18.1 Å². The van der Waals surface area contributed by atoms with E-state index >= 15 is 0 Å². The summed E-state index contributed by atoms with van der Waals surface area (Å²) < 4.78 is 31.5. The number of hydrogen-bond acceptors (Lipinski definition) is 5. The van der Waals surface area contributed by atoms with Gasteiger partial charge < -0.3 is 22.8 Å². The van der Waals surface area contributed by atoms with Crippen molar-refractivity contribution in [3.63, 3.8) is 0 Å². The van der Waals surface area contributed by atoms with Crippen LogP contribution < -0.4 is 24.3 Å². The molecule has 0 saturated heterocycles. The molecule has 0 aliphatic carbocycles. The zero-order valence-electron chi connectivity index (χ0n) is 25.2. The topological polar surface area (TPSA) is 46.2 Å². The lowest BCUT2D eigenvalue weighted by Crippen LogP contribution is -2.68. The fourth-order valence-corrected chi connectivity index (χ4v) is 11.7. The summed E-state index contributed by atoms with van der Waals surface area (Å²) in [5.41, 5.74) is 0.736.